The third-order valence-electron chi connectivity index (χ3n) is 3.80. The molecule has 0 radical (unpaired) electrons. The maximum absolute atomic E-state index is 12.0. The second kappa shape index (κ2) is 6.36. The van der Waals surface area contributed by atoms with Crippen LogP contribution in [0.1, 0.15) is 39.0 Å². The molecule has 2 aliphatic rings. The van der Waals surface area contributed by atoms with Crippen LogP contribution in [0.5, 0.6) is 0 Å². The highest BCUT2D eigenvalue weighted by Crippen LogP contribution is 2.16. The zero-order chi connectivity index (χ0) is 12.1. The van der Waals surface area contributed by atoms with Crippen LogP contribution in [0.15, 0.2) is 0 Å². The summed E-state index contributed by atoms with van der Waals surface area (Å²) >= 11 is 0. The van der Waals surface area contributed by atoms with Crippen molar-refractivity contribution in [3.8, 4) is 0 Å². The summed E-state index contributed by atoms with van der Waals surface area (Å²) in [5, 5.41) is 3.23. The monoisotopic (exact) mass is 240 g/mol. The van der Waals surface area contributed by atoms with Gasteiger partial charge in [-0.05, 0) is 39.0 Å². The van der Waals surface area contributed by atoms with Gasteiger partial charge < -0.3 is 15.0 Å². The van der Waals surface area contributed by atoms with Gasteiger partial charge in [0.25, 0.3) is 0 Å². The highest BCUT2D eigenvalue weighted by Gasteiger charge is 2.23. The van der Waals surface area contributed by atoms with Gasteiger partial charge in [0.2, 0.25) is 5.91 Å². The summed E-state index contributed by atoms with van der Waals surface area (Å²) in [5.41, 5.74) is 0. The molecule has 2 atom stereocenters. The highest BCUT2D eigenvalue weighted by molar-refractivity contribution is 5.78. The molecule has 0 spiro atoms. The summed E-state index contributed by atoms with van der Waals surface area (Å²) in [6, 6.07) is 0.417. The summed E-state index contributed by atoms with van der Waals surface area (Å²) in [6.07, 6.45) is 6.17. The van der Waals surface area contributed by atoms with E-state index in [0.29, 0.717) is 18.7 Å². The smallest absolute Gasteiger partial charge is 0.236 e. The van der Waals surface area contributed by atoms with Gasteiger partial charge in [0, 0.05) is 25.7 Å². The minimum atomic E-state index is 0.246. The zero-order valence-electron chi connectivity index (χ0n) is 10.8. The number of likely N-dealkylation sites (tertiary alicyclic amines) is 1. The van der Waals surface area contributed by atoms with E-state index in [0.717, 1.165) is 45.4 Å². The van der Waals surface area contributed by atoms with Gasteiger partial charge in [-0.15, -0.1) is 0 Å². The first kappa shape index (κ1) is 12.8. The molecule has 98 valence electrons. The molecule has 2 rings (SSSR count). The first-order valence-electron chi connectivity index (χ1n) is 6.89. The van der Waals surface area contributed by atoms with E-state index in [1.54, 1.807) is 0 Å². The third kappa shape index (κ3) is 3.68. The number of hydrogen-bond donors (Lipinski definition) is 1. The Morgan fingerprint density at radius 2 is 2.24 bits per heavy atom. The number of piperidine rings is 1. The predicted molar refractivity (Wildman–Crippen MR) is 66.9 cm³/mol. The van der Waals surface area contributed by atoms with Crippen molar-refractivity contribution in [2.75, 3.05) is 26.2 Å². The number of carbonyl (C=O) groups excluding carboxylic acids is 1. The summed E-state index contributed by atoms with van der Waals surface area (Å²) < 4.78 is 5.51. The van der Waals surface area contributed by atoms with Crippen molar-refractivity contribution in [2.45, 2.75) is 51.2 Å². The Bertz CT molecular complexity index is 252. The molecule has 2 heterocycles. The van der Waals surface area contributed by atoms with Crippen LogP contribution in [0.25, 0.3) is 0 Å². The van der Waals surface area contributed by atoms with E-state index < -0.39 is 0 Å². The predicted octanol–water partition coefficient (Wildman–Crippen LogP) is 1.16. The number of hydrogen-bond acceptors (Lipinski definition) is 3. The van der Waals surface area contributed by atoms with Crippen molar-refractivity contribution in [3.05, 3.63) is 0 Å². The quantitative estimate of drug-likeness (QED) is 0.801. The molecule has 4 nitrogen and oxygen atoms in total. The molecule has 1 N–H and O–H groups in total. The molecular formula is C13H24N2O2. The fourth-order valence-electron chi connectivity index (χ4n) is 2.72. The molecule has 0 aliphatic carbocycles. The Labute approximate surface area is 104 Å². The van der Waals surface area contributed by atoms with E-state index in [2.05, 4.69) is 12.2 Å². The molecule has 0 unspecified atom stereocenters. The van der Waals surface area contributed by atoms with Crippen molar-refractivity contribution in [3.63, 3.8) is 0 Å². The average Bonchev–Trinajstić information content (AvgIpc) is 2.82. The standard InChI is InChI=1S/C13H24N2O2/c1-11-5-2-3-7-15(11)13(16)10-14-9-12-6-4-8-17-12/h11-12,14H,2-10H2,1H3/t11-,12-/m1/s1. The fraction of sp³-hybridized carbons (Fsp3) is 0.923. The maximum atomic E-state index is 12.0. The normalized spacial score (nSPS) is 29.6. The van der Waals surface area contributed by atoms with Gasteiger partial charge in [0.05, 0.1) is 12.6 Å². The van der Waals surface area contributed by atoms with Crippen LogP contribution < -0.4 is 5.32 Å². The SMILES string of the molecule is C[C@@H]1CCCCN1C(=O)CNC[C@H]1CCCO1. The number of carbonyl (C=O) groups is 1. The number of amides is 1. The number of nitrogens with zero attached hydrogens (tertiary/aromatic N) is 1. The second-order valence-electron chi connectivity index (χ2n) is 5.20. The molecule has 4 heteroatoms. The van der Waals surface area contributed by atoms with Gasteiger partial charge in [-0.25, -0.2) is 0 Å². The Balaban J connectivity index is 1.65. The van der Waals surface area contributed by atoms with Crippen molar-refractivity contribution < 1.29 is 9.53 Å². The molecule has 0 aromatic carbocycles. The van der Waals surface area contributed by atoms with Crippen molar-refractivity contribution >= 4 is 5.91 Å². The lowest BCUT2D eigenvalue weighted by Gasteiger charge is -2.33. The van der Waals surface area contributed by atoms with E-state index in [1.807, 2.05) is 4.90 Å². The summed E-state index contributed by atoms with van der Waals surface area (Å²) in [6.45, 7) is 5.24. The minimum absolute atomic E-state index is 0.246. The minimum Gasteiger partial charge on any atom is -0.377 e. The molecular weight excluding hydrogens is 216 g/mol. The highest BCUT2D eigenvalue weighted by atomic mass is 16.5. The lowest BCUT2D eigenvalue weighted by atomic mass is 10.0. The number of rotatable bonds is 4. The van der Waals surface area contributed by atoms with E-state index in [1.165, 1.54) is 6.42 Å². The Hall–Kier alpha value is -0.610. The van der Waals surface area contributed by atoms with Gasteiger partial charge in [0.15, 0.2) is 0 Å². The average molecular weight is 240 g/mol. The van der Waals surface area contributed by atoms with Crippen LogP contribution in [0.3, 0.4) is 0 Å². The van der Waals surface area contributed by atoms with Gasteiger partial charge in [-0.2, -0.15) is 0 Å². The largest absolute Gasteiger partial charge is 0.377 e. The molecule has 0 aromatic rings. The Morgan fingerprint density at radius 1 is 1.35 bits per heavy atom. The van der Waals surface area contributed by atoms with Crippen LogP contribution in [0.2, 0.25) is 0 Å². The van der Waals surface area contributed by atoms with E-state index >= 15 is 0 Å². The Morgan fingerprint density at radius 3 is 2.94 bits per heavy atom. The van der Waals surface area contributed by atoms with E-state index in [4.69, 9.17) is 4.74 Å². The lowest BCUT2D eigenvalue weighted by Crippen LogP contribution is -2.46. The fourth-order valence-corrected chi connectivity index (χ4v) is 2.72. The van der Waals surface area contributed by atoms with Crippen molar-refractivity contribution in [2.24, 2.45) is 0 Å². The van der Waals surface area contributed by atoms with Crippen LogP contribution >= 0.6 is 0 Å². The van der Waals surface area contributed by atoms with E-state index in [-0.39, 0.29) is 5.91 Å². The van der Waals surface area contributed by atoms with Crippen molar-refractivity contribution in [1.82, 2.24) is 10.2 Å². The number of ether oxygens (including phenoxy) is 1. The molecule has 0 bridgehead atoms. The summed E-state index contributed by atoms with van der Waals surface area (Å²) in [5.74, 6) is 0.246. The second-order valence-corrected chi connectivity index (χ2v) is 5.20. The van der Waals surface area contributed by atoms with Gasteiger partial charge in [-0.3, -0.25) is 4.79 Å². The van der Waals surface area contributed by atoms with Crippen LogP contribution in [0, 0.1) is 0 Å². The first-order valence-corrected chi connectivity index (χ1v) is 6.89. The molecule has 2 fully saturated rings. The van der Waals surface area contributed by atoms with Crippen LogP contribution in [-0.2, 0) is 9.53 Å². The zero-order valence-corrected chi connectivity index (χ0v) is 10.8. The summed E-state index contributed by atoms with van der Waals surface area (Å²) in [4.78, 5) is 14.0. The summed E-state index contributed by atoms with van der Waals surface area (Å²) in [7, 11) is 0. The number of nitrogens with one attached hydrogen (secondary N) is 1. The van der Waals surface area contributed by atoms with Gasteiger partial charge in [0.1, 0.15) is 0 Å². The lowest BCUT2D eigenvalue weighted by molar-refractivity contribution is -0.133. The molecule has 0 aromatic heterocycles. The van der Waals surface area contributed by atoms with Crippen molar-refractivity contribution in [1.29, 1.82) is 0 Å². The van der Waals surface area contributed by atoms with Gasteiger partial charge in [-0.1, -0.05) is 0 Å². The van der Waals surface area contributed by atoms with Gasteiger partial charge >= 0.3 is 0 Å². The van der Waals surface area contributed by atoms with Crippen LogP contribution in [-0.4, -0.2) is 49.2 Å². The molecule has 2 aliphatic heterocycles. The maximum Gasteiger partial charge on any atom is 0.236 e. The molecule has 1 amide bonds. The molecule has 17 heavy (non-hydrogen) atoms. The third-order valence-corrected chi connectivity index (χ3v) is 3.80. The van der Waals surface area contributed by atoms with Crippen LogP contribution in [0.4, 0.5) is 0 Å². The van der Waals surface area contributed by atoms with E-state index in [9.17, 15) is 4.79 Å². The first-order chi connectivity index (χ1) is 8.27. The molecule has 0 saturated carbocycles. The Kier molecular flexibility index (Phi) is 4.80. The molecule has 2 saturated heterocycles. The topological polar surface area (TPSA) is 41.6 Å².